The van der Waals surface area contributed by atoms with Gasteiger partial charge in [0.25, 0.3) is 11.8 Å². The molecule has 0 bridgehead atoms. The predicted molar refractivity (Wildman–Crippen MR) is 89.3 cm³/mol. The molecule has 0 spiro atoms. The van der Waals surface area contributed by atoms with Crippen LogP contribution in [0.25, 0.3) is 6.08 Å². The molecule has 0 unspecified atom stereocenters. The molecule has 2 aromatic rings. The monoisotopic (exact) mass is 359 g/mol. The van der Waals surface area contributed by atoms with E-state index in [-0.39, 0.29) is 17.9 Å². The summed E-state index contributed by atoms with van der Waals surface area (Å²) >= 11 is 0. The number of carboxylic acids is 1. The zero-order valence-corrected chi connectivity index (χ0v) is 14.0. The third-order valence-electron chi connectivity index (χ3n) is 3.41. The van der Waals surface area contributed by atoms with E-state index in [1.165, 1.54) is 24.7 Å². The van der Waals surface area contributed by atoms with Gasteiger partial charge in [-0.15, -0.1) is 0 Å². The second-order valence-corrected chi connectivity index (χ2v) is 5.44. The maximum absolute atomic E-state index is 12.3. The van der Waals surface area contributed by atoms with Gasteiger partial charge in [0.1, 0.15) is 11.5 Å². The SMILES string of the molecule is O=C([O-])CCCCCNC(=O)/C(=C\c1ccco1)NC(=O)c1ccco1. The third kappa shape index (κ3) is 6.31. The summed E-state index contributed by atoms with van der Waals surface area (Å²) in [6.07, 6.45) is 5.96. The molecule has 0 aliphatic carbocycles. The summed E-state index contributed by atoms with van der Waals surface area (Å²) in [6.45, 7) is 0.345. The van der Waals surface area contributed by atoms with Gasteiger partial charge in [-0.3, -0.25) is 9.59 Å². The number of nitrogens with one attached hydrogen (secondary N) is 2. The van der Waals surface area contributed by atoms with Crippen LogP contribution < -0.4 is 15.7 Å². The van der Waals surface area contributed by atoms with Crippen LogP contribution in [0.3, 0.4) is 0 Å². The Morgan fingerprint density at radius 2 is 1.81 bits per heavy atom. The highest BCUT2D eigenvalue weighted by molar-refractivity contribution is 6.04. The maximum atomic E-state index is 12.3. The molecule has 2 heterocycles. The number of furan rings is 2. The van der Waals surface area contributed by atoms with E-state index in [1.807, 2.05) is 0 Å². The molecule has 8 heteroatoms. The topological polar surface area (TPSA) is 125 Å². The predicted octanol–water partition coefficient (Wildman–Crippen LogP) is 1.07. The lowest BCUT2D eigenvalue weighted by atomic mass is 10.2. The van der Waals surface area contributed by atoms with Gasteiger partial charge >= 0.3 is 0 Å². The van der Waals surface area contributed by atoms with Gasteiger partial charge in [0, 0.05) is 18.6 Å². The van der Waals surface area contributed by atoms with Crippen molar-refractivity contribution in [3.05, 3.63) is 54.0 Å². The molecule has 0 fully saturated rings. The number of hydrogen-bond donors (Lipinski definition) is 2. The van der Waals surface area contributed by atoms with Crippen LogP contribution in [0.15, 0.2) is 51.3 Å². The molecule has 2 aromatic heterocycles. The molecular weight excluding hydrogens is 340 g/mol. The van der Waals surface area contributed by atoms with Gasteiger partial charge in [-0.1, -0.05) is 6.42 Å². The van der Waals surface area contributed by atoms with Crippen LogP contribution in [0.1, 0.15) is 42.0 Å². The van der Waals surface area contributed by atoms with E-state index in [1.54, 1.807) is 18.2 Å². The number of hydrogen-bond acceptors (Lipinski definition) is 6. The van der Waals surface area contributed by atoms with Crippen LogP contribution in [-0.4, -0.2) is 24.3 Å². The van der Waals surface area contributed by atoms with Crippen molar-refractivity contribution in [2.45, 2.75) is 25.7 Å². The van der Waals surface area contributed by atoms with Gasteiger partial charge in [0.05, 0.1) is 12.5 Å². The minimum absolute atomic E-state index is 0.00318. The molecule has 2 amide bonds. The summed E-state index contributed by atoms with van der Waals surface area (Å²) in [5.74, 6) is -1.65. The summed E-state index contributed by atoms with van der Waals surface area (Å²) in [5.41, 5.74) is 0.0103. The summed E-state index contributed by atoms with van der Waals surface area (Å²) in [5, 5.41) is 15.5. The summed E-state index contributed by atoms with van der Waals surface area (Å²) in [7, 11) is 0. The van der Waals surface area contributed by atoms with Crippen molar-refractivity contribution in [3.8, 4) is 0 Å². The first-order chi connectivity index (χ1) is 12.6. The van der Waals surface area contributed by atoms with Gasteiger partial charge in [-0.05, 0) is 43.5 Å². The molecule has 26 heavy (non-hydrogen) atoms. The van der Waals surface area contributed by atoms with Crippen molar-refractivity contribution in [1.82, 2.24) is 10.6 Å². The molecule has 0 aliphatic heterocycles. The zero-order chi connectivity index (χ0) is 18.8. The molecule has 0 aromatic carbocycles. The van der Waals surface area contributed by atoms with Crippen LogP contribution in [0, 0.1) is 0 Å². The lowest BCUT2D eigenvalue weighted by Crippen LogP contribution is -2.35. The lowest BCUT2D eigenvalue weighted by molar-refractivity contribution is -0.305. The van der Waals surface area contributed by atoms with Crippen LogP contribution >= 0.6 is 0 Å². The van der Waals surface area contributed by atoms with Gasteiger partial charge in [-0.2, -0.15) is 0 Å². The Morgan fingerprint density at radius 1 is 1.04 bits per heavy atom. The van der Waals surface area contributed by atoms with Gasteiger partial charge in [0.2, 0.25) is 0 Å². The highest BCUT2D eigenvalue weighted by Gasteiger charge is 2.16. The van der Waals surface area contributed by atoms with Crippen molar-refractivity contribution in [3.63, 3.8) is 0 Å². The van der Waals surface area contributed by atoms with Gasteiger partial charge in [-0.25, -0.2) is 0 Å². The Morgan fingerprint density at radius 3 is 2.46 bits per heavy atom. The van der Waals surface area contributed by atoms with Crippen molar-refractivity contribution < 1.29 is 28.3 Å². The Balaban J connectivity index is 1.92. The summed E-state index contributed by atoms with van der Waals surface area (Å²) in [6, 6.07) is 6.35. The number of rotatable bonds is 10. The second-order valence-electron chi connectivity index (χ2n) is 5.44. The van der Waals surface area contributed by atoms with Crippen molar-refractivity contribution >= 4 is 23.9 Å². The number of carboxylic acid groups (broad SMARTS) is 1. The quantitative estimate of drug-likeness (QED) is 0.483. The van der Waals surface area contributed by atoms with E-state index in [9.17, 15) is 19.5 Å². The fraction of sp³-hybridized carbons (Fsp3) is 0.278. The third-order valence-corrected chi connectivity index (χ3v) is 3.41. The molecule has 0 atom stereocenters. The summed E-state index contributed by atoms with van der Waals surface area (Å²) in [4.78, 5) is 34.8. The molecule has 8 nitrogen and oxygen atoms in total. The van der Waals surface area contributed by atoms with E-state index >= 15 is 0 Å². The van der Waals surface area contributed by atoms with Crippen LogP contribution in [0.4, 0.5) is 0 Å². The average Bonchev–Trinajstić information content (AvgIpc) is 3.30. The largest absolute Gasteiger partial charge is 0.550 e. The Labute approximate surface area is 149 Å². The first-order valence-corrected chi connectivity index (χ1v) is 8.14. The number of aliphatic carboxylic acids is 1. The van der Waals surface area contributed by atoms with Crippen molar-refractivity contribution in [1.29, 1.82) is 0 Å². The van der Waals surface area contributed by atoms with Gasteiger partial charge in [0.15, 0.2) is 5.76 Å². The van der Waals surface area contributed by atoms with E-state index in [0.717, 1.165) is 0 Å². The highest BCUT2D eigenvalue weighted by Crippen LogP contribution is 2.08. The molecule has 0 saturated carbocycles. The normalized spacial score (nSPS) is 11.2. The van der Waals surface area contributed by atoms with E-state index in [2.05, 4.69) is 10.6 Å². The first-order valence-electron chi connectivity index (χ1n) is 8.14. The van der Waals surface area contributed by atoms with Gasteiger partial charge < -0.3 is 29.4 Å². The zero-order valence-electron chi connectivity index (χ0n) is 14.0. The number of carbonyl (C=O) groups excluding carboxylic acids is 3. The maximum Gasteiger partial charge on any atom is 0.291 e. The Kier molecular flexibility index (Phi) is 7.23. The number of carbonyl (C=O) groups is 3. The minimum atomic E-state index is -1.08. The van der Waals surface area contributed by atoms with E-state index < -0.39 is 17.8 Å². The molecular formula is C18H19N2O6-. The van der Waals surface area contributed by atoms with E-state index in [4.69, 9.17) is 8.83 Å². The summed E-state index contributed by atoms with van der Waals surface area (Å²) < 4.78 is 10.2. The van der Waals surface area contributed by atoms with Crippen LogP contribution in [0.5, 0.6) is 0 Å². The fourth-order valence-corrected chi connectivity index (χ4v) is 2.13. The van der Waals surface area contributed by atoms with E-state index in [0.29, 0.717) is 31.6 Å². The minimum Gasteiger partial charge on any atom is -0.550 e. The average molecular weight is 359 g/mol. The number of unbranched alkanes of at least 4 members (excludes halogenated alkanes) is 2. The van der Waals surface area contributed by atoms with Crippen molar-refractivity contribution in [2.75, 3.05) is 6.54 Å². The van der Waals surface area contributed by atoms with Crippen LogP contribution in [-0.2, 0) is 9.59 Å². The van der Waals surface area contributed by atoms with Crippen LogP contribution in [0.2, 0.25) is 0 Å². The highest BCUT2D eigenvalue weighted by atomic mass is 16.4. The molecule has 0 aliphatic rings. The second kappa shape index (κ2) is 9.87. The molecule has 0 radical (unpaired) electrons. The Bertz CT molecular complexity index is 747. The lowest BCUT2D eigenvalue weighted by Gasteiger charge is -2.10. The standard InChI is InChI=1S/C18H20N2O6/c21-16(22)8-2-1-3-9-19-17(23)14(12-13-6-4-10-25-13)20-18(24)15-7-5-11-26-15/h4-7,10-12H,1-3,8-9H2,(H,19,23)(H,20,24)(H,21,22)/p-1/b14-12+. The molecule has 2 rings (SSSR count). The first kappa shape index (κ1) is 19.0. The molecule has 138 valence electrons. The number of amides is 2. The Hall–Kier alpha value is -3.29. The molecule has 0 saturated heterocycles. The fourth-order valence-electron chi connectivity index (χ4n) is 2.13. The van der Waals surface area contributed by atoms with Crippen molar-refractivity contribution in [2.24, 2.45) is 0 Å². The molecule has 2 N–H and O–H groups in total. The smallest absolute Gasteiger partial charge is 0.291 e.